The van der Waals surface area contributed by atoms with Crippen LogP contribution < -0.4 is 4.74 Å². The third-order valence-electron chi connectivity index (χ3n) is 5.69. The highest BCUT2D eigenvalue weighted by atomic mass is 32.2. The maximum absolute atomic E-state index is 13.0. The summed E-state index contributed by atoms with van der Waals surface area (Å²) in [5, 5.41) is 13.9. The van der Waals surface area contributed by atoms with Crippen LogP contribution in [0.4, 0.5) is 0 Å². The molecule has 36 heavy (non-hydrogen) atoms. The number of carboxylic acid groups (broad SMARTS) is 1. The topological polar surface area (TPSA) is 84.7 Å². The second-order valence-corrected chi connectivity index (χ2v) is 10.0. The summed E-state index contributed by atoms with van der Waals surface area (Å²) in [6.45, 7) is 4.86. The Balaban J connectivity index is 1.72. The van der Waals surface area contributed by atoms with Crippen LogP contribution in [-0.2, 0) is 9.59 Å². The van der Waals surface area contributed by atoms with Crippen molar-refractivity contribution in [3.05, 3.63) is 70.8 Å². The number of rotatable bonds is 10. The van der Waals surface area contributed by atoms with Gasteiger partial charge in [0.15, 0.2) is 0 Å². The lowest BCUT2D eigenvalue weighted by atomic mass is 10.0. The highest BCUT2D eigenvalue weighted by Crippen LogP contribution is 2.36. The van der Waals surface area contributed by atoms with Gasteiger partial charge in [0.2, 0.25) is 0 Å². The van der Waals surface area contributed by atoms with E-state index in [0.717, 1.165) is 46.7 Å². The number of carbonyl (C=O) groups excluding carboxylic acids is 1. The number of thiocarbonyl (C=S) groups is 1. The molecule has 1 aromatic heterocycles. The van der Waals surface area contributed by atoms with Crippen LogP contribution >= 0.6 is 24.0 Å². The first-order valence-electron chi connectivity index (χ1n) is 11.7. The summed E-state index contributed by atoms with van der Waals surface area (Å²) in [7, 11) is 0. The van der Waals surface area contributed by atoms with Gasteiger partial charge in [0.25, 0.3) is 5.91 Å². The SMILES string of the molecule is CCCCOc1ccc(-c2nn(-c3ccccc3)cc2/C=C2\SC(=S)N(CCC(=O)O)C2=O)c(C)c1. The molecule has 1 aliphatic heterocycles. The number of aliphatic carboxylic acids is 1. The Morgan fingerprint density at radius 3 is 2.69 bits per heavy atom. The molecule has 7 nitrogen and oxygen atoms in total. The Morgan fingerprint density at radius 1 is 1.22 bits per heavy atom. The van der Waals surface area contributed by atoms with Gasteiger partial charge in [0.1, 0.15) is 15.8 Å². The van der Waals surface area contributed by atoms with Gasteiger partial charge in [-0.25, -0.2) is 4.68 Å². The van der Waals surface area contributed by atoms with Gasteiger partial charge in [-0.2, -0.15) is 5.10 Å². The minimum Gasteiger partial charge on any atom is -0.494 e. The van der Waals surface area contributed by atoms with E-state index in [-0.39, 0.29) is 18.9 Å². The molecule has 0 unspecified atom stereocenters. The van der Waals surface area contributed by atoms with Gasteiger partial charge in [-0.1, -0.05) is 55.5 Å². The molecule has 0 bridgehead atoms. The van der Waals surface area contributed by atoms with Crippen molar-refractivity contribution in [3.8, 4) is 22.7 Å². The van der Waals surface area contributed by atoms with E-state index < -0.39 is 5.97 Å². The molecule has 0 spiro atoms. The van der Waals surface area contributed by atoms with Crippen molar-refractivity contribution in [3.63, 3.8) is 0 Å². The minimum absolute atomic E-state index is 0.0477. The molecule has 0 atom stereocenters. The number of thioether (sulfide) groups is 1. The van der Waals surface area contributed by atoms with Crippen molar-refractivity contribution in [2.75, 3.05) is 13.2 Å². The minimum atomic E-state index is -0.975. The van der Waals surface area contributed by atoms with Crippen molar-refractivity contribution in [2.24, 2.45) is 0 Å². The highest BCUT2D eigenvalue weighted by Gasteiger charge is 2.32. The maximum atomic E-state index is 13.0. The Kier molecular flexibility index (Phi) is 8.22. The Bertz CT molecular complexity index is 1320. The first kappa shape index (κ1) is 25.7. The van der Waals surface area contributed by atoms with E-state index in [2.05, 4.69) is 6.92 Å². The molecule has 1 fully saturated rings. The summed E-state index contributed by atoms with van der Waals surface area (Å²) in [5.41, 5.74) is 4.32. The molecule has 2 heterocycles. The number of amides is 1. The standard InChI is InChI=1S/C27H27N3O4S2/c1-3-4-14-34-21-10-11-22(18(2)15-21)25-19(17-30(28-25)20-8-6-5-7-9-20)16-23-26(33)29(27(35)36-23)13-12-24(31)32/h5-11,15-17H,3-4,12-14H2,1-2H3,(H,31,32)/b23-16-. The number of aromatic nitrogens is 2. The molecular weight excluding hydrogens is 494 g/mol. The second kappa shape index (κ2) is 11.5. The van der Waals surface area contributed by atoms with Crippen LogP contribution in [0, 0.1) is 6.92 Å². The van der Waals surface area contributed by atoms with E-state index >= 15 is 0 Å². The molecule has 0 saturated carbocycles. The largest absolute Gasteiger partial charge is 0.494 e. The van der Waals surface area contributed by atoms with Gasteiger partial charge in [-0.05, 0) is 55.3 Å². The lowest BCUT2D eigenvalue weighted by molar-refractivity contribution is -0.137. The van der Waals surface area contributed by atoms with E-state index in [0.29, 0.717) is 15.8 Å². The van der Waals surface area contributed by atoms with Crippen molar-refractivity contribution >= 4 is 46.3 Å². The normalized spacial score (nSPS) is 14.6. The number of unbranched alkanes of at least 4 members (excludes halogenated alkanes) is 1. The first-order valence-corrected chi connectivity index (χ1v) is 13.0. The molecule has 0 radical (unpaired) electrons. The van der Waals surface area contributed by atoms with E-state index in [4.69, 9.17) is 27.2 Å². The molecule has 2 aromatic carbocycles. The monoisotopic (exact) mass is 521 g/mol. The summed E-state index contributed by atoms with van der Waals surface area (Å²) in [6, 6.07) is 15.7. The van der Waals surface area contributed by atoms with Gasteiger partial charge in [0.05, 0.1) is 23.6 Å². The van der Waals surface area contributed by atoms with Crippen LogP contribution in [0.25, 0.3) is 23.0 Å². The van der Waals surface area contributed by atoms with Crippen LogP contribution in [0.2, 0.25) is 0 Å². The Labute approximate surface area is 219 Å². The lowest BCUT2D eigenvalue weighted by Gasteiger charge is -2.12. The molecule has 186 valence electrons. The fourth-order valence-electron chi connectivity index (χ4n) is 3.78. The van der Waals surface area contributed by atoms with Gasteiger partial charge in [0, 0.05) is 23.9 Å². The number of carboxylic acids is 1. The van der Waals surface area contributed by atoms with Crippen LogP contribution in [0.15, 0.2) is 59.6 Å². The fourth-order valence-corrected chi connectivity index (χ4v) is 5.08. The van der Waals surface area contributed by atoms with E-state index in [1.165, 1.54) is 16.7 Å². The van der Waals surface area contributed by atoms with Crippen LogP contribution in [-0.4, -0.2) is 49.1 Å². The number of carbonyl (C=O) groups is 2. The summed E-state index contributed by atoms with van der Waals surface area (Å²) in [5.74, 6) is -0.453. The van der Waals surface area contributed by atoms with Crippen molar-refractivity contribution < 1.29 is 19.4 Å². The van der Waals surface area contributed by atoms with Gasteiger partial charge in [-0.3, -0.25) is 14.5 Å². The first-order chi connectivity index (χ1) is 17.4. The number of ether oxygens (including phenoxy) is 1. The number of para-hydroxylation sites is 1. The molecule has 1 aliphatic rings. The third kappa shape index (κ3) is 5.85. The molecule has 9 heteroatoms. The predicted molar refractivity (Wildman–Crippen MR) is 146 cm³/mol. The number of nitrogens with zero attached hydrogens (tertiary/aromatic N) is 3. The molecule has 1 saturated heterocycles. The zero-order valence-corrected chi connectivity index (χ0v) is 21.8. The maximum Gasteiger partial charge on any atom is 0.305 e. The lowest BCUT2D eigenvalue weighted by Crippen LogP contribution is -2.30. The fraction of sp³-hybridized carbons (Fsp3) is 0.259. The Morgan fingerprint density at radius 2 is 2.00 bits per heavy atom. The summed E-state index contributed by atoms with van der Waals surface area (Å²) >= 11 is 6.52. The molecule has 0 aliphatic carbocycles. The number of aryl methyl sites for hydroxylation is 1. The van der Waals surface area contributed by atoms with Gasteiger partial charge in [-0.15, -0.1) is 0 Å². The number of hydrogen-bond acceptors (Lipinski definition) is 6. The van der Waals surface area contributed by atoms with Crippen LogP contribution in [0.1, 0.15) is 37.3 Å². The Hall–Kier alpha value is -3.43. The molecule has 3 aromatic rings. The summed E-state index contributed by atoms with van der Waals surface area (Å²) in [6.07, 6.45) is 5.58. The van der Waals surface area contributed by atoms with E-state index in [1.54, 1.807) is 10.8 Å². The number of hydrogen-bond donors (Lipinski definition) is 1. The van der Waals surface area contributed by atoms with Gasteiger partial charge < -0.3 is 9.84 Å². The van der Waals surface area contributed by atoms with Gasteiger partial charge >= 0.3 is 5.97 Å². The smallest absolute Gasteiger partial charge is 0.305 e. The molecular formula is C27H27N3O4S2. The van der Waals surface area contributed by atoms with Crippen molar-refractivity contribution in [1.29, 1.82) is 0 Å². The zero-order valence-electron chi connectivity index (χ0n) is 20.1. The average Bonchev–Trinajstić information content (AvgIpc) is 3.39. The molecule has 4 rings (SSSR count). The summed E-state index contributed by atoms with van der Waals surface area (Å²) in [4.78, 5) is 25.8. The van der Waals surface area contributed by atoms with E-state index in [9.17, 15) is 9.59 Å². The average molecular weight is 522 g/mol. The third-order valence-corrected chi connectivity index (χ3v) is 7.07. The highest BCUT2D eigenvalue weighted by molar-refractivity contribution is 8.26. The van der Waals surface area contributed by atoms with Crippen LogP contribution in [0.5, 0.6) is 5.75 Å². The zero-order chi connectivity index (χ0) is 25.7. The van der Waals surface area contributed by atoms with Crippen molar-refractivity contribution in [2.45, 2.75) is 33.1 Å². The summed E-state index contributed by atoms with van der Waals surface area (Å²) < 4.78 is 8.01. The number of benzene rings is 2. The molecule has 1 amide bonds. The predicted octanol–water partition coefficient (Wildman–Crippen LogP) is 5.70. The van der Waals surface area contributed by atoms with Crippen LogP contribution in [0.3, 0.4) is 0 Å². The quantitative estimate of drug-likeness (QED) is 0.208. The van der Waals surface area contributed by atoms with Crippen molar-refractivity contribution in [1.82, 2.24) is 14.7 Å². The second-order valence-electron chi connectivity index (χ2n) is 8.37. The van der Waals surface area contributed by atoms with E-state index in [1.807, 2.05) is 61.7 Å². The molecule has 1 N–H and O–H groups in total.